The Labute approximate surface area is 107 Å². The summed E-state index contributed by atoms with van der Waals surface area (Å²) < 4.78 is 26.5. The highest BCUT2D eigenvalue weighted by molar-refractivity contribution is 8.07. The molecule has 1 nitrogen and oxygen atoms in total. The number of carbonyl (C=O) groups excluding carboxylic acids is 1. The first-order valence-corrected chi connectivity index (χ1v) is 7.42. The molecule has 0 radical (unpaired) electrons. The predicted octanol–water partition coefficient (Wildman–Crippen LogP) is 3.38. The summed E-state index contributed by atoms with van der Waals surface area (Å²) in [5.74, 6) is 0.367. The first-order chi connectivity index (χ1) is 8.09. The smallest absolute Gasteiger partial charge is 0.179 e. The van der Waals surface area contributed by atoms with Crippen molar-refractivity contribution >= 4 is 29.3 Å². The van der Waals surface area contributed by atoms with Gasteiger partial charge in [-0.25, -0.2) is 8.78 Å². The third kappa shape index (κ3) is 2.83. The van der Waals surface area contributed by atoms with Crippen molar-refractivity contribution in [3.63, 3.8) is 0 Å². The van der Waals surface area contributed by atoms with Crippen molar-refractivity contribution in [1.82, 2.24) is 0 Å². The number of Topliss-reactive ketones (excluding diaryl/α,β-unsaturated/α-hetero) is 1. The molecule has 92 valence electrons. The molecular weight excluding hydrogens is 262 g/mol. The Balaban J connectivity index is 2.26. The van der Waals surface area contributed by atoms with Crippen LogP contribution in [0.2, 0.25) is 0 Å². The molecule has 1 heterocycles. The second-order valence-electron chi connectivity index (χ2n) is 3.86. The van der Waals surface area contributed by atoms with Crippen LogP contribution in [0.1, 0.15) is 17.3 Å². The molecule has 0 aromatic heterocycles. The van der Waals surface area contributed by atoms with Gasteiger partial charge in [-0.3, -0.25) is 4.79 Å². The van der Waals surface area contributed by atoms with E-state index in [2.05, 4.69) is 0 Å². The van der Waals surface area contributed by atoms with Gasteiger partial charge in [-0.1, -0.05) is 6.92 Å². The lowest BCUT2D eigenvalue weighted by atomic mass is 10.1. The Hall–Kier alpha value is -0.550. The largest absolute Gasteiger partial charge is 0.293 e. The Morgan fingerprint density at radius 3 is 2.71 bits per heavy atom. The first kappa shape index (κ1) is 12.9. The summed E-state index contributed by atoms with van der Waals surface area (Å²) >= 11 is 3.23. The molecule has 2 atom stereocenters. The number of thioether (sulfide) groups is 2. The minimum absolute atomic E-state index is 0.128. The van der Waals surface area contributed by atoms with Gasteiger partial charge in [0.15, 0.2) is 5.78 Å². The molecule has 2 rings (SSSR count). The van der Waals surface area contributed by atoms with E-state index in [0.29, 0.717) is 0 Å². The van der Waals surface area contributed by atoms with Crippen LogP contribution in [0.3, 0.4) is 0 Å². The van der Waals surface area contributed by atoms with Gasteiger partial charge in [-0.2, -0.15) is 11.8 Å². The quantitative estimate of drug-likeness (QED) is 0.770. The van der Waals surface area contributed by atoms with Gasteiger partial charge in [0.25, 0.3) is 0 Å². The van der Waals surface area contributed by atoms with Crippen molar-refractivity contribution in [2.45, 2.75) is 17.4 Å². The summed E-state index contributed by atoms with van der Waals surface area (Å²) in [6, 6.07) is 3.02. The van der Waals surface area contributed by atoms with Crippen LogP contribution in [0.25, 0.3) is 0 Å². The minimum atomic E-state index is -0.639. The monoisotopic (exact) mass is 274 g/mol. The lowest BCUT2D eigenvalue weighted by molar-refractivity contribution is 0.0985. The molecule has 0 N–H and O–H groups in total. The van der Waals surface area contributed by atoms with Crippen molar-refractivity contribution in [2.75, 3.05) is 11.5 Å². The van der Waals surface area contributed by atoms with Crippen molar-refractivity contribution in [3.8, 4) is 0 Å². The maximum atomic E-state index is 13.5. The molecule has 1 saturated heterocycles. The maximum Gasteiger partial charge on any atom is 0.179 e. The third-order valence-electron chi connectivity index (χ3n) is 2.64. The molecule has 0 amide bonds. The molecule has 1 aliphatic rings. The van der Waals surface area contributed by atoms with Gasteiger partial charge in [0, 0.05) is 16.8 Å². The molecule has 17 heavy (non-hydrogen) atoms. The highest BCUT2D eigenvalue weighted by atomic mass is 32.2. The van der Waals surface area contributed by atoms with Crippen LogP contribution in [0.4, 0.5) is 8.78 Å². The first-order valence-electron chi connectivity index (χ1n) is 5.32. The average molecular weight is 274 g/mol. The third-order valence-corrected chi connectivity index (χ3v) is 5.73. The highest BCUT2D eigenvalue weighted by Gasteiger charge is 2.31. The Kier molecular flexibility index (Phi) is 4.09. The zero-order valence-corrected chi connectivity index (χ0v) is 10.9. The molecule has 0 bridgehead atoms. The number of ketones is 1. The van der Waals surface area contributed by atoms with Gasteiger partial charge in [-0.05, 0) is 18.2 Å². The molecule has 1 aromatic rings. The Bertz CT molecular complexity index is 437. The lowest BCUT2D eigenvalue weighted by Gasteiger charge is -2.26. The van der Waals surface area contributed by atoms with Crippen LogP contribution in [-0.4, -0.2) is 27.8 Å². The van der Waals surface area contributed by atoms with E-state index >= 15 is 0 Å². The number of halogens is 2. The number of rotatable bonds is 2. The summed E-state index contributed by atoms with van der Waals surface area (Å²) in [4.78, 5) is 12.1. The Morgan fingerprint density at radius 2 is 2.00 bits per heavy atom. The minimum Gasteiger partial charge on any atom is -0.293 e. The second-order valence-corrected chi connectivity index (χ2v) is 6.59. The summed E-state index contributed by atoms with van der Waals surface area (Å²) in [5.41, 5.74) is -0.128. The van der Waals surface area contributed by atoms with Gasteiger partial charge in [0.05, 0.1) is 10.8 Å². The van der Waals surface area contributed by atoms with Gasteiger partial charge in [0.2, 0.25) is 0 Å². The standard InChI is InChI=1S/C12H12F2OS2/c1-7-12(17-5-4-16-7)11(15)9-6-8(13)2-3-10(9)14/h2-3,6-7,12H,4-5H2,1H3. The van der Waals surface area contributed by atoms with E-state index in [0.717, 1.165) is 29.7 Å². The summed E-state index contributed by atoms with van der Waals surface area (Å²) in [6.45, 7) is 1.95. The molecule has 0 aliphatic carbocycles. The van der Waals surface area contributed by atoms with Crippen molar-refractivity contribution in [3.05, 3.63) is 35.4 Å². The van der Waals surface area contributed by atoms with Crippen LogP contribution in [0, 0.1) is 11.6 Å². The van der Waals surface area contributed by atoms with Gasteiger partial charge in [0.1, 0.15) is 11.6 Å². The van der Waals surface area contributed by atoms with Crippen molar-refractivity contribution in [2.24, 2.45) is 0 Å². The molecule has 1 aliphatic heterocycles. The zero-order chi connectivity index (χ0) is 12.4. The fourth-order valence-corrected chi connectivity index (χ4v) is 4.48. The average Bonchev–Trinajstić information content (AvgIpc) is 2.32. The lowest BCUT2D eigenvalue weighted by Crippen LogP contribution is -2.31. The SMILES string of the molecule is CC1SCCSC1C(=O)c1cc(F)ccc1F. The Morgan fingerprint density at radius 1 is 1.29 bits per heavy atom. The van der Waals surface area contributed by atoms with E-state index in [-0.39, 0.29) is 21.8 Å². The number of hydrogen-bond acceptors (Lipinski definition) is 3. The number of hydrogen-bond donors (Lipinski definition) is 0. The number of carbonyl (C=O) groups is 1. The topological polar surface area (TPSA) is 17.1 Å². The molecule has 2 unspecified atom stereocenters. The van der Waals surface area contributed by atoms with Crippen LogP contribution in [0.5, 0.6) is 0 Å². The summed E-state index contributed by atoms with van der Waals surface area (Å²) in [5, 5.41) is -0.131. The van der Waals surface area contributed by atoms with Crippen molar-refractivity contribution < 1.29 is 13.6 Å². The van der Waals surface area contributed by atoms with E-state index < -0.39 is 11.6 Å². The molecule has 5 heteroatoms. The second kappa shape index (κ2) is 5.40. The van der Waals surface area contributed by atoms with Crippen LogP contribution in [0.15, 0.2) is 18.2 Å². The van der Waals surface area contributed by atoms with Gasteiger partial charge >= 0.3 is 0 Å². The van der Waals surface area contributed by atoms with Gasteiger partial charge < -0.3 is 0 Å². The predicted molar refractivity (Wildman–Crippen MR) is 68.9 cm³/mol. The fraction of sp³-hybridized carbons (Fsp3) is 0.417. The molecule has 0 saturated carbocycles. The van der Waals surface area contributed by atoms with Gasteiger partial charge in [-0.15, -0.1) is 11.8 Å². The molecule has 1 fully saturated rings. The van der Waals surface area contributed by atoms with E-state index in [4.69, 9.17) is 0 Å². The zero-order valence-electron chi connectivity index (χ0n) is 9.28. The fourth-order valence-electron chi connectivity index (χ4n) is 1.76. The van der Waals surface area contributed by atoms with Crippen LogP contribution >= 0.6 is 23.5 Å². The van der Waals surface area contributed by atoms with E-state index in [1.807, 2.05) is 6.92 Å². The van der Waals surface area contributed by atoms with E-state index in [9.17, 15) is 13.6 Å². The summed E-state index contributed by atoms with van der Waals surface area (Å²) in [6.07, 6.45) is 0. The molecular formula is C12H12F2OS2. The molecule has 1 aromatic carbocycles. The maximum absolute atomic E-state index is 13.5. The van der Waals surface area contributed by atoms with Crippen LogP contribution in [-0.2, 0) is 0 Å². The normalized spacial score (nSPS) is 24.6. The van der Waals surface area contributed by atoms with Crippen LogP contribution < -0.4 is 0 Å². The van der Waals surface area contributed by atoms with E-state index in [1.54, 1.807) is 11.8 Å². The molecule has 0 spiro atoms. The summed E-state index contributed by atoms with van der Waals surface area (Å²) in [7, 11) is 0. The van der Waals surface area contributed by atoms with Crippen molar-refractivity contribution in [1.29, 1.82) is 0 Å². The van der Waals surface area contributed by atoms with E-state index in [1.165, 1.54) is 11.8 Å². The number of benzene rings is 1. The highest BCUT2D eigenvalue weighted by Crippen LogP contribution is 2.33.